The van der Waals surface area contributed by atoms with E-state index in [-0.39, 0.29) is 26.5 Å². The van der Waals surface area contributed by atoms with Crippen LogP contribution in [0.2, 0.25) is 0 Å². The molecule has 38 heavy (non-hydrogen) atoms. The molecular weight excluding hydrogens is 555 g/mol. The summed E-state index contributed by atoms with van der Waals surface area (Å²) < 4.78 is 5.88. The molecule has 4 rings (SSSR count). The van der Waals surface area contributed by atoms with Gasteiger partial charge in [0.2, 0.25) is 0 Å². The van der Waals surface area contributed by atoms with Crippen molar-refractivity contribution in [1.29, 1.82) is 0 Å². The molecule has 0 radical (unpaired) electrons. The van der Waals surface area contributed by atoms with Crippen molar-refractivity contribution in [2.24, 2.45) is 0 Å². The number of ether oxygens (including phenoxy) is 1. The standard InChI is InChI=1S/C24H33O.2C6H11.Pd/c1-15(2)20-13-22(16(3)4)24(23(14-20)17(5)6)19-10-9-11-21(12-19)25-18(7)8;2*1-2-4-6-5-3-1;/h9-11,13-18H,1-8H3;2*1H,2-6H2;/q3*-1;. The minimum atomic E-state index is 0. The fraction of sp³-hybridized carbons (Fsp3) is 0.611. The number of hydrogen-bond acceptors (Lipinski definition) is 1. The van der Waals surface area contributed by atoms with Gasteiger partial charge in [0.05, 0.1) is 6.10 Å². The van der Waals surface area contributed by atoms with Crippen LogP contribution in [0.25, 0.3) is 11.1 Å². The van der Waals surface area contributed by atoms with E-state index in [2.05, 4.69) is 98.6 Å². The molecule has 2 aliphatic carbocycles. The van der Waals surface area contributed by atoms with Crippen LogP contribution in [0.15, 0.2) is 30.3 Å². The van der Waals surface area contributed by atoms with E-state index in [1.807, 2.05) is 6.07 Å². The third-order valence-corrected chi connectivity index (χ3v) is 7.17. The van der Waals surface area contributed by atoms with Crippen LogP contribution in [-0.4, -0.2) is 6.10 Å². The van der Waals surface area contributed by atoms with Gasteiger partial charge < -0.3 is 17.6 Å². The van der Waals surface area contributed by atoms with Crippen LogP contribution in [-0.2, 0) is 20.4 Å². The van der Waals surface area contributed by atoms with Crippen LogP contribution < -0.4 is 4.74 Å². The second-order valence-electron chi connectivity index (χ2n) is 12.0. The first-order valence-electron chi connectivity index (χ1n) is 15.2. The van der Waals surface area contributed by atoms with Gasteiger partial charge in [0.15, 0.2) is 0 Å². The zero-order valence-corrected chi connectivity index (χ0v) is 27.2. The largest absolute Gasteiger partial charge is 0.511 e. The third-order valence-electron chi connectivity index (χ3n) is 7.17. The average Bonchev–Trinajstić information content (AvgIpc) is 2.90. The molecule has 1 nitrogen and oxygen atoms in total. The molecule has 0 saturated heterocycles. The summed E-state index contributed by atoms with van der Waals surface area (Å²) in [6.45, 7) is 17.8. The van der Waals surface area contributed by atoms with Crippen molar-refractivity contribution in [3.63, 3.8) is 0 Å². The normalized spacial score (nSPS) is 15.4. The van der Waals surface area contributed by atoms with E-state index in [0.717, 1.165) is 11.3 Å². The smallest absolute Gasteiger partial charge is 0.0907 e. The quantitative estimate of drug-likeness (QED) is 0.234. The number of hydrogen-bond donors (Lipinski definition) is 0. The fourth-order valence-electron chi connectivity index (χ4n) is 4.98. The number of benzene rings is 2. The summed E-state index contributed by atoms with van der Waals surface area (Å²) in [7, 11) is 0. The van der Waals surface area contributed by atoms with Gasteiger partial charge in [-0.05, 0) is 37.2 Å². The maximum absolute atomic E-state index is 5.88. The Labute approximate surface area is 250 Å². The Morgan fingerprint density at radius 1 is 0.658 bits per heavy atom. The zero-order chi connectivity index (χ0) is 27.2. The van der Waals surface area contributed by atoms with Crippen molar-refractivity contribution in [2.45, 2.75) is 143 Å². The van der Waals surface area contributed by atoms with Crippen molar-refractivity contribution >= 4 is 0 Å². The van der Waals surface area contributed by atoms with Crippen molar-refractivity contribution < 1.29 is 25.2 Å². The Kier molecular flexibility index (Phi) is 17.5. The summed E-state index contributed by atoms with van der Waals surface area (Å²) in [5.74, 6) is 2.29. The summed E-state index contributed by atoms with van der Waals surface area (Å²) >= 11 is 0. The summed E-state index contributed by atoms with van der Waals surface area (Å²) in [6.07, 6.45) is 19.2. The predicted molar refractivity (Wildman–Crippen MR) is 164 cm³/mol. The molecule has 2 aromatic rings. The van der Waals surface area contributed by atoms with E-state index in [1.165, 1.54) is 86.5 Å². The molecule has 2 saturated carbocycles. The molecule has 2 aromatic carbocycles. The zero-order valence-electron chi connectivity index (χ0n) is 25.6. The molecule has 0 atom stereocenters. The Balaban J connectivity index is 0.000000451. The van der Waals surface area contributed by atoms with Gasteiger partial charge in [-0.3, -0.25) is 0 Å². The predicted octanol–water partition coefficient (Wildman–Crippen LogP) is 11.6. The van der Waals surface area contributed by atoms with Gasteiger partial charge in [0.25, 0.3) is 0 Å². The van der Waals surface area contributed by atoms with Crippen molar-refractivity contribution in [1.82, 2.24) is 0 Å². The first-order valence-corrected chi connectivity index (χ1v) is 15.2. The van der Waals surface area contributed by atoms with Gasteiger partial charge in [-0.15, -0.1) is 23.8 Å². The van der Waals surface area contributed by atoms with Gasteiger partial charge in [-0.25, -0.2) is 0 Å². The molecular formula is C36H55OPd-3. The van der Waals surface area contributed by atoms with Crippen LogP contribution in [0, 0.1) is 18.9 Å². The molecule has 2 fully saturated rings. The Bertz CT molecular complexity index is 824. The van der Waals surface area contributed by atoms with Crippen LogP contribution in [0.3, 0.4) is 0 Å². The minimum absolute atomic E-state index is 0. The van der Waals surface area contributed by atoms with E-state index < -0.39 is 0 Å². The molecule has 0 bridgehead atoms. The molecule has 0 unspecified atom stereocenters. The fourth-order valence-corrected chi connectivity index (χ4v) is 4.98. The minimum Gasteiger partial charge on any atom is -0.511 e. The molecule has 218 valence electrons. The summed E-state index contributed by atoms with van der Waals surface area (Å²) in [5, 5.41) is 0. The average molecular weight is 610 g/mol. The monoisotopic (exact) mass is 609 g/mol. The summed E-state index contributed by atoms with van der Waals surface area (Å²) in [5.41, 5.74) is 6.72. The third kappa shape index (κ3) is 12.4. The number of rotatable bonds is 6. The molecule has 0 spiro atoms. The van der Waals surface area contributed by atoms with Crippen LogP contribution in [0.5, 0.6) is 5.75 Å². The van der Waals surface area contributed by atoms with Gasteiger partial charge in [0.1, 0.15) is 0 Å². The maximum Gasteiger partial charge on any atom is 0.0907 e. The van der Waals surface area contributed by atoms with Gasteiger partial charge >= 0.3 is 0 Å². The first kappa shape index (κ1) is 34.9. The molecule has 2 aliphatic rings. The van der Waals surface area contributed by atoms with Crippen LogP contribution >= 0.6 is 0 Å². The molecule has 0 heterocycles. The van der Waals surface area contributed by atoms with E-state index in [1.54, 1.807) is 0 Å². The molecule has 2 heteroatoms. The second-order valence-corrected chi connectivity index (χ2v) is 12.0. The van der Waals surface area contributed by atoms with E-state index in [0.29, 0.717) is 17.8 Å². The molecule has 0 N–H and O–H groups in total. The Morgan fingerprint density at radius 3 is 1.45 bits per heavy atom. The molecule has 0 aliphatic heterocycles. The summed E-state index contributed by atoms with van der Waals surface area (Å²) in [6, 6.07) is 14.5. The van der Waals surface area contributed by atoms with Gasteiger partial charge in [0, 0.05) is 26.2 Å². The van der Waals surface area contributed by atoms with Crippen molar-refractivity contribution in [2.75, 3.05) is 0 Å². The van der Waals surface area contributed by atoms with Crippen LogP contribution in [0.1, 0.15) is 154 Å². The molecule has 0 amide bonds. The van der Waals surface area contributed by atoms with E-state index in [4.69, 9.17) is 4.74 Å². The Morgan fingerprint density at radius 2 is 1.13 bits per heavy atom. The van der Waals surface area contributed by atoms with Gasteiger partial charge in [-0.2, -0.15) is 25.7 Å². The van der Waals surface area contributed by atoms with E-state index >= 15 is 0 Å². The Hall–Kier alpha value is -1.10. The second kappa shape index (κ2) is 19.1. The maximum atomic E-state index is 5.88. The topological polar surface area (TPSA) is 9.23 Å². The van der Waals surface area contributed by atoms with Crippen molar-refractivity contribution in [3.05, 3.63) is 65.9 Å². The van der Waals surface area contributed by atoms with Gasteiger partial charge in [-0.1, -0.05) is 115 Å². The van der Waals surface area contributed by atoms with Crippen LogP contribution in [0.4, 0.5) is 0 Å². The molecule has 0 aromatic heterocycles. The van der Waals surface area contributed by atoms with Crippen molar-refractivity contribution in [3.8, 4) is 16.9 Å². The SMILES string of the molecule is CC(C)Oc1[c-]c(-c2c(C(C)C)cc(C(C)C)cc2C(C)C)ccc1.[CH-]1CCCCC1.[CH-]1CCCCC1.[Pd]. The first-order chi connectivity index (χ1) is 17.7. The summed E-state index contributed by atoms with van der Waals surface area (Å²) in [4.78, 5) is 0. The van der Waals surface area contributed by atoms with E-state index in [9.17, 15) is 0 Å².